The molecule has 0 radical (unpaired) electrons. The van der Waals surface area contributed by atoms with Gasteiger partial charge in [-0.25, -0.2) is 4.98 Å². The van der Waals surface area contributed by atoms with Crippen molar-refractivity contribution >= 4 is 17.2 Å². The lowest BCUT2D eigenvalue weighted by Gasteiger charge is -2.26. The highest BCUT2D eigenvalue weighted by molar-refractivity contribution is 7.15. The first-order valence-electron chi connectivity index (χ1n) is 7.21. The maximum atomic E-state index is 12.4. The van der Waals surface area contributed by atoms with E-state index in [1.54, 1.807) is 6.26 Å². The van der Waals surface area contributed by atoms with Gasteiger partial charge >= 0.3 is 0 Å². The third-order valence-electron chi connectivity index (χ3n) is 3.85. The molecule has 1 fully saturated rings. The van der Waals surface area contributed by atoms with Crippen molar-refractivity contribution < 1.29 is 9.21 Å². The number of aryl methyl sites for hydroxylation is 1. The van der Waals surface area contributed by atoms with Gasteiger partial charge in [0.1, 0.15) is 5.69 Å². The van der Waals surface area contributed by atoms with Crippen LogP contribution in [0.15, 0.2) is 22.8 Å². The van der Waals surface area contributed by atoms with Crippen molar-refractivity contribution in [3.63, 3.8) is 0 Å². The van der Waals surface area contributed by atoms with Crippen molar-refractivity contribution in [1.29, 1.82) is 0 Å². The third-order valence-corrected chi connectivity index (χ3v) is 4.84. The monoisotopic (exact) mass is 305 g/mol. The summed E-state index contributed by atoms with van der Waals surface area (Å²) >= 11 is 1.48. The van der Waals surface area contributed by atoms with Crippen LogP contribution in [0.3, 0.4) is 0 Å². The molecule has 0 bridgehead atoms. The lowest BCUT2D eigenvalue weighted by atomic mass is 9.92. The van der Waals surface area contributed by atoms with Gasteiger partial charge in [0.05, 0.1) is 6.26 Å². The molecule has 0 spiro atoms. The maximum Gasteiger partial charge on any atom is 0.271 e. The van der Waals surface area contributed by atoms with Gasteiger partial charge in [-0.05, 0) is 44.7 Å². The Hall–Kier alpha value is -1.66. The van der Waals surface area contributed by atoms with Gasteiger partial charge in [-0.15, -0.1) is 11.3 Å². The molecule has 3 N–H and O–H groups in total. The summed E-state index contributed by atoms with van der Waals surface area (Å²) in [6, 6.07) is 4.16. The van der Waals surface area contributed by atoms with Crippen LogP contribution in [-0.2, 0) is 0 Å². The van der Waals surface area contributed by atoms with E-state index in [2.05, 4.69) is 10.3 Å². The first-order valence-corrected chi connectivity index (χ1v) is 8.03. The van der Waals surface area contributed by atoms with E-state index < -0.39 is 0 Å². The van der Waals surface area contributed by atoms with Crippen LogP contribution in [0.1, 0.15) is 41.0 Å². The second-order valence-corrected chi connectivity index (χ2v) is 6.69. The number of rotatable bonds is 3. The van der Waals surface area contributed by atoms with Crippen molar-refractivity contribution in [2.45, 2.75) is 44.7 Å². The van der Waals surface area contributed by atoms with Crippen LogP contribution in [0.2, 0.25) is 0 Å². The predicted octanol–water partition coefficient (Wildman–Crippen LogP) is 2.71. The number of nitrogens with one attached hydrogen (secondary N) is 1. The molecule has 0 saturated heterocycles. The van der Waals surface area contributed by atoms with Crippen LogP contribution in [0.5, 0.6) is 0 Å². The van der Waals surface area contributed by atoms with E-state index in [0.717, 1.165) is 35.6 Å². The largest absolute Gasteiger partial charge is 0.462 e. The average Bonchev–Trinajstić information content (AvgIpc) is 3.10. The summed E-state index contributed by atoms with van der Waals surface area (Å²) in [6.07, 6.45) is 5.44. The number of nitrogens with zero attached hydrogens (tertiary/aromatic N) is 1. The average molecular weight is 305 g/mol. The van der Waals surface area contributed by atoms with Crippen molar-refractivity contribution in [3.05, 3.63) is 29.0 Å². The van der Waals surface area contributed by atoms with Gasteiger partial charge in [0.25, 0.3) is 5.91 Å². The van der Waals surface area contributed by atoms with Crippen LogP contribution >= 0.6 is 11.3 Å². The molecule has 3 rings (SSSR count). The highest BCUT2D eigenvalue weighted by Gasteiger charge is 2.23. The summed E-state index contributed by atoms with van der Waals surface area (Å²) in [5.74, 6) is 0.604. The van der Waals surface area contributed by atoms with E-state index in [-0.39, 0.29) is 18.0 Å². The Bertz CT molecular complexity index is 613. The van der Waals surface area contributed by atoms with E-state index in [4.69, 9.17) is 10.2 Å². The van der Waals surface area contributed by atoms with Gasteiger partial charge in [-0.2, -0.15) is 0 Å². The van der Waals surface area contributed by atoms with Crippen molar-refractivity contribution in [1.82, 2.24) is 10.3 Å². The van der Waals surface area contributed by atoms with Gasteiger partial charge in [0.2, 0.25) is 0 Å². The molecule has 21 heavy (non-hydrogen) atoms. The topological polar surface area (TPSA) is 81.2 Å². The van der Waals surface area contributed by atoms with Gasteiger partial charge < -0.3 is 15.5 Å². The molecule has 112 valence electrons. The number of carbonyl (C=O) groups excluding carboxylic acids is 1. The molecule has 0 atom stereocenters. The van der Waals surface area contributed by atoms with Crippen LogP contribution in [0.25, 0.3) is 10.8 Å². The van der Waals surface area contributed by atoms with Crippen LogP contribution in [0.4, 0.5) is 0 Å². The summed E-state index contributed by atoms with van der Waals surface area (Å²) in [7, 11) is 0. The van der Waals surface area contributed by atoms with Gasteiger partial charge in [-0.3, -0.25) is 4.79 Å². The fourth-order valence-corrected chi connectivity index (χ4v) is 3.51. The summed E-state index contributed by atoms with van der Waals surface area (Å²) < 4.78 is 5.33. The van der Waals surface area contributed by atoms with E-state index in [9.17, 15) is 4.79 Å². The van der Waals surface area contributed by atoms with Crippen LogP contribution < -0.4 is 11.1 Å². The molecular weight excluding hydrogens is 286 g/mol. The van der Waals surface area contributed by atoms with E-state index in [1.807, 2.05) is 19.1 Å². The molecule has 2 aromatic heterocycles. The number of hydrogen-bond acceptors (Lipinski definition) is 5. The van der Waals surface area contributed by atoms with Gasteiger partial charge in [-0.1, -0.05) is 0 Å². The lowest BCUT2D eigenvalue weighted by molar-refractivity contribution is 0.0921. The highest BCUT2D eigenvalue weighted by atomic mass is 32.1. The first-order chi connectivity index (χ1) is 10.1. The summed E-state index contributed by atoms with van der Waals surface area (Å²) in [5.41, 5.74) is 6.39. The number of amides is 1. The predicted molar refractivity (Wildman–Crippen MR) is 82.3 cm³/mol. The Morgan fingerprint density at radius 3 is 2.86 bits per heavy atom. The molecule has 1 aliphatic rings. The Balaban J connectivity index is 1.70. The number of hydrogen-bond donors (Lipinski definition) is 2. The molecule has 0 unspecified atom stereocenters. The normalized spacial score (nSPS) is 22.2. The minimum Gasteiger partial charge on any atom is -0.462 e. The minimum atomic E-state index is -0.0953. The fourth-order valence-electron chi connectivity index (χ4n) is 2.63. The molecule has 5 nitrogen and oxygen atoms in total. The zero-order valence-corrected chi connectivity index (χ0v) is 12.8. The fraction of sp³-hybridized carbons (Fsp3) is 0.467. The standard InChI is InChI=1S/C15H19N3O2S/c1-9-13(18-15(21-9)12-3-2-8-20-12)14(19)17-11-6-4-10(16)5-7-11/h2-3,8,10-11H,4-7,16H2,1H3,(H,17,19). The first kappa shape index (κ1) is 14.3. The zero-order chi connectivity index (χ0) is 14.8. The second-order valence-electron chi connectivity index (χ2n) is 5.49. The Morgan fingerprint density at radius 2 is 2.19 bits per heavy atom. The Kier molecular flexibility index (Phi) is 4.07. The van der Waals surface area contributed by atoms with E-state index >= 15 is 0 Å². The van der Waals surface area contributed by atoms with Gasteiger partial charge in [0.15, 0.2) is 10.8 Å². The van der Waals surface area contributed by atoms with Crippen molar-refractivity contribution in [2.75, 3.05) is 0 Å². The molecule has 1 amide bonds. The molecule has 0 aromatic carbocycles. The van der Waals surface area contributed by atoms with Gasteiger partial charge in [0, 0.05) is 17.0 Å². The number of furan rings is 1. The SMILES string of the molecule is Cc1sc(-c2ccco2)nc1C(=O)NC1CCC(N)CC1. The van der Waals surface area contributed by atoms with E-state index in [1.165, 1.54) is 11.3 Å². The van der Waals surface area contributed by atoms with Crippen LogP contribution in [-0.4, -0.2) is 23.0 Å². The zero-order valence-electron chi connectivity index (χ0n) is 12.0. The number of carbonyl (C=O) groups is 1. The third kappa shape index (κ3) is 3.16. The maximum absolute atomic E-state index is 12.4. The number of thiazole rings is 1. The lowest BCUT2D eigenvalue weighted by Crippen LogP contribution is -2.40. The molecule has 6 heteroatoms. The molecule has 2 aromatic rings. The quantitative estimate of drug-likeness (QED) is 0.913. The Morgan fingerprint density at radius 1 is 1.43 bits per heavy atom. The molecule has 0 aliphatic heterocycles. The van der Waals surface area contributed by atoms with Crippen molar-refractivity contribution in [3.8, 4) is 10.8 Å². The summed E-state index contributed by atoms with van der Waals surface area (Å²) in [5, 5.41) is 3.82. The molecule has 2 heterocycles. The molecule has 1 aliphatic carbocycles. The number of aromatic nitrogens is 1. The number of nitrogens with two attached hydrogens (primary N) is 1. The minimum absolute atomic E-state index is 0.0953. The van der Waals surface area contributed by atoms with E-state index in [0.29, 0.717) is 11.5 Å². The van der Waals surface area contributed by atoms with Crippen molar-refractivity contribution in [2.24, 2.45) is 5.73 Å². The smallest absolute Gasteiger partial charge is 0.271 e. The molecule has 1 saturated carbocycles. The van der Waals surface area contributed by atoms with Crippen LogP contribution in [0, 0.1) is 6.92 Å². The Labute approximate surface area is 127 Å². The summed E-state index contributed by atoms with van der Waals surface area (Å²) in [6.45, 7) is 1.91. The summed E-state index contributed by atoms with van der Waals surface area (Å²) in [4.78, 5) is 17.7. The molecular formula is C15H19N3O2S. The second kappa shape index (κ2) is 5.99. The highest BCUT2D eigenvalue weighted by Crippen LogP contribution is 2.28.